The Morgan fingerprint density at radius 1 is 1.53 bits per heavy atom. The van der Waals surface area contributed by atoms with E-state index < -0.39 is 36.7 Å². The van der Waals surface area contributed by atoms with Crippen LogP contribution in [-0.4, -0.2) is 46.8 Å². The summed E-state index contributed by atoms with van der Waals surface area (Å²) in [5.41, 5.74) is -0.670. The van der Waals surface area contributed by atoms with E-state index in [1.165, 1.54) is 4.90 Å². The fourth-order valence-corrected chi connectivity index (χ4v) is 1.75. The molecule has 1 aliphatic rings. The second-order valence-electron chi connectivity index (χ2n) is 5.32. The normalized spacial score (nSPS) is 24.6. The molecule has 1 atom stereocenters. The number of amides is 1. The summed E-state index contributed by atoms with van der Waals surface area (Å²) in [7, 11) is 0. The fourth-order valence-electron chi connectivity index (χ4n) is 1.75. The van der Waals surface area contributed by atoms with Crippen molar-refractivity contribution in [3.8, 4) is 0 Å². The molecule has 1 N–H and O–H groups in total. The first kappa shape index (κ1) is 14.2. The average Bonchev–Trinajstić information content (AvgIpc) is 2.13. The lowest BCUT2D eigenvalue weighted by Gasteiger charge is -2.38. The molecule has 1 fully saturated rings. The highest BCUT2D eigenvalue weighted by Gasteiger charge is 2.42. The van der Waals surface area contributed by atoms with Crippen molar-refractivity contribution in [1.29, 1.82) is 0 Å². The number of likely N-dealkylation sites (tertiary alicyclic amines) is 1. The van der Waals surface area contributed by atoms with Gasteiger partial charge < -0.3 is 14.7 Å². The Hall–Kier alpha value is -0.910. The van der Waals surface area contributed by atoms with Gasteiger partial charge in [0.05, 0.1) is 12.6 Å². The Balaban J connectivity index is 2.67. The number of nitrogens with zero attached hydrogens (tertiary/aromatic N) is 1. The molecule has 0 aromatic carbocycles. The third-order valence-corrected chi connectivity index (χ3v) is 2.53. The lowest BCUT2D eigenvalue weighted by Crippen LogP contribution is -2.52. The molecular formula is C11H19F2NO3. The molecule has 0 saturated carbocycles. The van der Waals surface area contributed by atoms with Gasteiger partial charge in [-0.1, -0.05) is 0 Å². The number of halogens is 2. The first-order chi connectivity index (χ1) is 7.64. The number of carbonyl (C=O) groups excluding carboxylic acids is 1. The van der Waals surface area contributed by atoms with Gasteiger partial charge in [0.2, 0.25) is 0 Å². The molecule has 4 nitrogen and oxygen atoms in total. The maximum Gasteiger partial charge on any atom is 0.410 e. The van der Waals surface area contributed by atoms with Gasteiger partial charge in [-0.25, -0.2) is 13.6 Å². The first-order valence-corrected chi connectivity index (χ1v) is 5.63. The summed E-state index contributed by atoms with van der Waals surface area (Å²) in [6.07, 6.45) is -1.54. The predicted octanol–water partition coefficient (Wildman–Crippen LogP) is 2.01. The standard InChI is InChI=1S/C11H19F2NO3/c1-10(2,3)17-9(16)14-5-4-11(12,13)6-8(14)7-15/h8,15H,4-7H2,1-3H3. The van der Waals surface area contributed by atoms with Crippen LogP contribution in [0.15, 0.2) is 0 Å². The molecular weight excluding hydrogens is 232 g/mol. The van der Waals surface area contributed by atoms with Crippen LogP contribution in [0.5, 0.6) is 0 Å². The molecule has 0 aromatic heterocycles. The SMILES string of the molecule is CC(C)(C)OC(=O)N1CCC(F)(F)CC1CO. The number of aliphatic hydroxyl groups is 1. The van der Waals surface area contributed by atoms with E-state index >= 15 is 0 Å². The summed E-state index contributed by atoms with van der Waals surface area (Å²) in [4.78, 5) is 12.9. The summed E-state index contributed by atoms with van der Waals surface area (Å²) in [5, 5.41) is 9.06. The summed E-state index contributed by atoms with van der Waals surface area (Å²) >= 11 is 0. The lowest BCUT2D eigenvalue weighted by molar-refractivity contribution is -0.0879. The molecule has 1 amide bonds. The minimum absolute atomic E-state index is 0.0901. The number of piperidine rings is 1. The molecule has 1 heterocycles. The van der Waals surface area contributed by atoms with Crippen molar-refractivity contribution in [3.05, 3.63) is 0 Å². The summed E-state index contributed by atoms with van der Waals surface area (Å²) < 4.78 is 31.4. The maximum atomic E-state index is 13.1. The quantitative estimate of drug-likeness (QED) is 0.775. The van der Waals surface area contributed by atoms with E-state index in [0.29, 0.717) is 0 Å². The lowest BCUT2D eigenvalue weighted by atomic mass is 9.99. The molecule has 0 spiro atoms. The molecule has 17 heavy (non-hydrogen) atoms. The second-order valence-corrected chi connectivity index (χ2v) is 5.32. The molecule has 100 valence electrons. The van der Waals surface area contributed by atoms with Crippen molar-refractivity contribution < 1.29 is 23.4 Å². The Kier molecular flexibility index (Phi) is 3.96. The summed E-state index contributed by atoms with van der Waals surface area (Å²) in [6, 6.07) is -0.867. The van der Waals surface area contributed by atoms with Crippen LogP contribution >= 0.6 is 0 Å². The van der Waals surface area contributed by atoms with Crippen molar-refractivity contribution in [3.63, 3.8) is 0 Å². The van der Waals surface area contributed by atoms with E-state index in [0.717, 1.165) is 0 Å². The van der Waals surface area contributed by atoms with Gasteiger partial charge in [0, 0.05) is 19.4 Å². The molecule has 6 heteroatoms. The zero-order valence-corrected chi connectivity index (χ0v) is 10.4. The van der Waals surface area contributed by atoms with Crippen molar-refractivity contribution >= 4 is 6.09 Å². The van der Waals surface area contributed by atoms with Crippen molar-refractivity contribution in [2.24, 2.45) is 0 Å². The van der Waals surface area contributed by atoms with Crippen molar-refractivity contribution in [1.82, 2.24) is 4.90 Å². The Morgan fingerprint density at radius 2 is 2.12 bits per heavy atom. The molecule has 0 bridgehead atoms. The van der Waals surface area contributed by atoms with E-state index in [-0.39, 0.29) is 13.0 Å². The van der Waals surface area contributed by atoms with Crippen molar-refractivity contribution in [2.45, 2.75) is 51.2 Å². The minimum Gasteiger partial charge on any atom is -0.444 e. The van der Waals surface area contributed by atoms with Crippen molar-refractivity contribution in [2.75, 3.05) is 13.2 Å². The number of alkyl halides is 2. The van der Waals surface area contributed by atoms with E-state index in [1.54, 1.807) is 20.8 Å². The predicted molar refractivity (Wildman–Crippen MR) is 58.0 cm³/mol. The number of hydrogen-bond acceptors (Lipinski definition) is 3. The monoisotopic (exact) mass is 251 g/mol. The highest BCUT2D eigenvalue weighted by Crippen LogP contribution is 2.32. The third kappa shape index (κ3) is 4.11. The van der Waals surface area contributed by atoms with Crippen LogP contribution in [0.25, 0.3) is 0 Å². The molecule has 1 rings (SSSR count). The number of ether oxygens (including phenoxy) is 1. The van der Waals surface area contributed by atoms with E-state index in [2.05, 4.69) is 0 Å². The van der Waals surface area contributed by atoms with Crippen LogP contribution in [0.4, 0.5) is 13.6 Å². The Bertz CT molecular complexity index is 289. The minimum atomic E-state index is -2.81. The summed E-state index contributed by atoms with van der Waals surface area (Å²) in [6.45, 7) is 4.55. The number of aliphatic hydroxyl groups excluding tert-OH is 1. The molecule has 0 aliphatic carbocycles. The van der Waals surface area contributed by atoms with Gasteiger partial charge in [0.15, 0.2) is 0 Å². The Labute approximate surface area is 99.5 Å². The number of rotatable bonds is 1. The molecule has 1 unspecified atom stereocenters. The Morgan fingerprint density at radius 3 is 2.59 bits per heavy atom. The number of hydrogen-bond donors (Lipinski definition) is 1. The number of carbonyl (C=O) groups is 1. The third-order valence-electron chi connectivity index (χ3n) is 2.53. The first-order valence-electron chi connectivity index (χ1n) is 5.63. The van der Waals surface area contributed by atoms with Gasteiger partial charge in [-0.3, -0.25) is 0 Å². The zero-order valence-electron chi connectivity index (χ0n) is 10.4. The van der Waals surface area contributed by atoms with Gasteiger partial charge >= 0.3 is 6.09 Å². The average molecular weight is 251 g/mol. The second kappa shape index (κ2) is 4.76. The molecule has 1 saturated heterocycles. The van der Waals surface area contributed by atoms with Gasteiger partial charge in [-0.05, 0) is 20.8 Å². The zero-order chi connectivity index (χ0) is 13.3. The van der Waals surface area contributed by atoms with Crippen LogP contribution in [-0.2, 0) is 4.74 Å². The maximum absolute atomic E-state index is 13.1. The van der Waals surface area contributed by atoms with Crippen LogP contribution < -0.4 is 0 Å². The van der Waals surface area contributed by atoms with Gasteiger partial charge in [0.1, 0.15) is 5.60 Å². The molecule has 1 aliphatic heterocycles. The molecule has 0 aromatic rings. The van der Waals surface area contributed by atoms with Crippen LogP contribution in [0.2, 0.25) is 0 Å². The molecule has 0 radical (unpaired) electrons. The van der Waals surface area contributed by atoms with E-state index in [9.17, 15) is 13.6 Å². The van der Waals surface area contributed by atoms with Crippen LogP contribution in [0, 0.1) is 0 Å². The van der Waals surface area contributed by atoms with Crippen LogP contribution in [0.1, 0.15) is 33.6 Å². The highest BCUT2D eigenvalue weighted by atomic mass is 19.3. The smallest absolute Gasteiger partial charge is 0.410 e. The van der Waals surface area contributed by atoms with Gasteiger partial charge in [-0.15, -0.1) is 0 Å². The van der Waals surface area contributed by atoms with E-state index in [1.807, 2.05) is 0 Å². The highest BCUT2D eigenvalue weighted by molar-refractivity contribution is 5.68. The summed E-state index contributed by atoms with van der Waals surface area (Å²) in [5.74, 6) is -2.81. The topological polar surface area (TPSA) is 49.8 Å². The van der Waals surface area contributed by atoms with Gasteiger partial charge in [-0.2, -0.15) is 0 Å². The van der Waals surface area contributed by atoms with E-state index in [4.69, 9.17) is 9.84 Å². The van der Waals surface area contributed by atoms with Crippen LogP contribution in [0.3, 0.4) is 0 Å². The fraction of sp³-hybridized carbons (Fsp3) is 0.909. The van der Waals surface area contributed by atoms with Gasteiger partial charge in [0.25, 0.3) is 5.92 Å². The largest absolute Gasteiger partial charge is 0.444 e.